The first kappa shape index (κ1) is 38.5. The number of hydrogen-bond acceptors (Lipinski definition) is 4. The van der Waals surface area contributed by atoms with Crippen molar-refractivity contribution in [2.24, 2.45) is 5.41 Å². The number of imidazole rings is 1. The molecular formula is C57H52GeIrN4O-2. The van der Waals surface area contributed by atoms with E-state index in [0.717, 1.165) is 76.8 Å². The van der Waals surface area contributed by atoms with Crippen molar-refractivity contribution < 1.29 is 31.4 Å². The third kappa shape index (κ3) is 9.33. The van der Waals surface area contributed by atoms with Gasteiger partial charge in [-0.15, -0.1) is 18.2 Å². The molecule has 4 heterocycles. The fourth-order valence-electron chi connectivity index (χ4n) is 8.00. The summed E-state index contributed by atoms with van der Waals surface area (Å²) in [6.07, 6.45) is 0.303. The van der Waals surface area contributed by atoms with Gasteiger partial charge in [-0.3, -0.25) is 4.98 Å². The smallest absolute Gasteiger partial charge is 0 e. The van der Waals surface area contributed by atoms with Gasteiger partial charge in [-0.05, 0) is 53.9 Å². The van der Waals surface area contributed by atoms with Crippen molar-refractivity contribution in [3.63, 3.8) is 0 Å². The Morgan fingerprint density at radius 3 is 2.19 bits per heavy atom. The van der Waals surface area contributed by atoms with Crippen LogP contribution in [-0.4, -0.2) is 32.8 Å². The van der Waals surface area contributed by atoms with Gasteiger partial charge in [-0.2, -0.15) is 0 Å². The summed E-state index contributed by atoms with van der Waals surface area (Å²) in [7, 11) is 0. The van der Waals surface area contributed by atoms with Gasteiger partial charge in [0.25, 0.3) is 0 Å². The van der Waals surface area contributed by atoms with Crippen molar-refractivity contribution >= 4 is 50.8 Å². The van der Waals surface area contributed by atoms with E-state index in [9.17, 15) is 0 Å². The minimum Gasteiger partial charge on any atom is 0 e. The Bertz CT molecular complexity index is 3450. The van der Waals surface area contributed by atoms with E-state index < -0.39 is 31.9 Å². The molecule has 0 unspecified atom stereocenters. The van der Waals surface area contributed by atoms with E-state index in [-0.39, 0.29) is 25.7 Å². The summed E-state index contributed by atoms with van der Waals surface area (Å²) in [5.74, 6) is 7.47. The molecule has 0 fully saturated rings. The fourth-order valence-corrected chi connectivity index (χ4v) is 10.9. The summed E-state index contributed by atoms with van der Waals surface area (Å²) in [5.41, 5.74) is 12.2. The summed E-state index contributed by atoms with van der Waals surface area (Å²) in [5, 5.41) is 1.99. The molecule has 0 saturated carbocycles. The molecule has 0 spiro atoms. The molecule has 6 aromatic carbocycles. The van der Waals surface area contributed by atoms with Crippen LogP contribution in [0.2, 0.25) is 17.3 Å². The Morgan fingerprint density at radius 1 is 0.750 bits per heavy atom. The van der Waals surface area contributed by atoms with E-state index in [2.05, 4.69) is 135 Å². The first-order chi connectivity index (χ1) is 32.3. The summed E-state index contributed by atoms with van der Waals surface area (Å²) in [6.45, 7) is 5.53. The summed E-state index contributed by atoms with van der Waals surface area (Å²) in [6, 6.07) is 57.1. The van der Waals surface area contributed by atoms with E-state index in [4.69, 9.17) is 16.3 Å². The maximum Gasteiger partial charge on any atom is 0 e. The van der Waals surface area contributed by atoms with Gasteiger partial charge in [0.15, 0.2) is 0 Å². The number of nitrogens with zero attached hydrogens (tertiary/aromatic N) is 4. The molecule has 4 aromatic heterocycles. The average Bonchev–Trinajstić information content (AvgIpc) is 3.89. The van der Waals surface area contributed by atoms with Gasteiger partial charge in [-0.1, -0.05) is 95.9 Å². The second kappa shape index (κ2) is 18.3. The van der Waals surface area contributed by atoms with E-state index >= 15 is 0 Å². The second-order valence-electron chi connectivity index (χ2n) is 18.0. The van der Waals surface area contributed by atoms with Crippen LogP contribution >= 0.6 is 0 Å². The number of furan rings is 1. The van der Waals surface area contributed by atoms with Gasteiger partial charge < -0.3 is 8.98 Å². The van der Waals surface area contributed by atoms with Crippen LogP contribution in [0.1, 0.15) is 44.4 Å². The maximum absolute atomic E-state index is 8.80. The number of hydrogen-bond donors (Lipinski definition) is 0. The molecule has 1 radical (unpaired) electrons. The summed E-state index contributed by atoms with van der Waals surface area (Å²) >= 11 is -2.36. The Labute approximate surface area is 400 Å². The third-order valence-corrected chi connectivity index (χ3v) is 15.2. The Morgan fingerprint density at radius 2 is 1.48 bits per heavy atom. The molecule has 0 N–H and O–H groups in total. The maximum atomic E-state index is 8.80. The predicted octanol–water partition coefficient (Wildman–Crippen LogP) is 14.4. The molecule has 0 saturated heterocycles. The van der Waals surface area contributed by atoms with E-state index in [1.807, 2.05) is 76.4 Å². The summed E-state index contributed by atoms with van der Waals surface area (Å²) in [4.78, 5) is 14.4. The molecule has 0 aliphatic rings. The zero-order valence-electron chi connectivity index (χ0n) is 42.0. The molecule has 0 aliphatic heterocycles. The second-order valence-corrected chi connectivity index (χ2v) is 28.5. The van der Waals surface area contributed by atoms with Crippen LogP contribution in [0, 0.1) is 31.3 Å². The van der Waals surface area contributed by atoms with Gasteiger partial charge in [-0.25, -0.2) is 4.98 Å². The quantitative estimate of drug-likeness (QED) is 0.118. The number of para-hydroxylation sites is 2. The predicted molar refractivity (Wildman–Crippen MR) is 265 cm³/mol. The van der Waals surface area contributed by atoms with Crippen LogP contribution in [0.3, 0.4) is 0 Å². The molecule has 10 aromatic rings. The Balaban J connectivity index is 0.000000201. The minimum atomic E-state index is -2.36. The first-order valence-electron chi connectivity index (χ1n) is 23.8. The number of benzene rings is 6. The topological polar surface area (TPSA) is 56.7 Å². The van der Waals surface area contributed by atoms with Crippen LogP contribution in [0.4, 0.5) is 0 Å². The molecule has 64 heavy (non-hydrogen) atoms. The number of aromatic nitrogens is 4. The van der Waals surface area contributed by atoms with Gasteiger partial charge in [0.2, 0.25) is 5.71 Å². The molecule has 10 rings (SSSR count). The van der Waals surface area contributed by atoms with Crippen molar-refractivity contribution in [3.8, 4) is 50.6 Å². The molecule has 321 valence electrons. The monoisotopic (exact) mass is 1080 g/mol. The van der Waals surface area contributed by atoms with Crippen LogP contribution < -0.4 is 4.40 Å². The zero-order valence-corrected chi connectivity index (χ0v) is 41.5. The summed E-state index contributed by atoms with van der Waals surface area (Å²) < 4.78 is 49.8. The number of rotatable bonds is 7. The minimum absolute atomic E-state index is 0. The van der Waals surface area contributed by atoms with Crippen molar-refractivity contribution in [2.45, 2.75) is 58.2 Å². The first-order valence-corrected chi connectivity index (χ1v) is 28.6. The standard InChI is InChI=1S/C37H24N3O.C20H28GeN.Ir/c1-24-19-21-30-29-15-10-16-31(35(29)41-37(30)38-24)36-39-32-17-8-9-18-33(32)40(36)34-23-27(25-11-4-2-5-12-25)20-22-28(34)26-13-6-3-7-14-26;1-15-8-10-16(11-9-15)19-12-17(13-20(2,3)4)18(14-22-19)21(5,6)7;/h2-15,17-23H,1H3;8-10,12,14H,13H2,1-7H3;/q2*-1;/i;1D3,13D2;. The van der Waals surface area contributed by atoms with Crippen LogP contribution in [0.25, 0.3) is 83.7 Å². The van der Waals surface area contributed by atoms with Gasteiger partial charge in [0, 0.05) is 42.4 Å². The van der Waals surface area contributed by atoms with Crippen LogP contribution in [0.5, 0.6) is 0 Å². The number of aryl methyl sites for hydroxylation is 2. The van der Waals surface area contributed by atoms with Crippen LogP contribution in [-0.2, 0) is 26.5 Å². The molecule has 0 bridgehead atoms. The fraction of sp³-hybridized carbons (Fsp3) is 0.175. The van der Waals surface area contributed by atoms with E-state index in [1.54, 1.807) is 12.1 Å². The Kier molecular flexibility index (Phi) is 11.0. The van der Waals surface area contributed by atoms with Gasteiger partial charge in [0.1, 0.15) is 0 Å². The molecule has 0 aliphatic carbocycles. The molecule has 0 amide bonds. The largest absolute Gasteiger partial charge is 0 e. The van der Waals surface area contributed by atoms with Crippen molar-refractivity contribution in [3.05, 3.63) is 187 Å². The van der Waals surface area contributed by atoms with Crippen LogP contribution in [0.15, 0.2) is 162 Å². The molecule has 5 nitrogen and oxygen atoms in total. The van der Waals surface area contributed by atoms with Crippen molar-refractivity contribution in [1.82, 2.24) is 19.5 Å². The van der Waals surface area contributed by atoms with E-state index in [1.165, 1.54) is 6.07 Å². The number of fused-ring (bicyclic) bond motifs is 4. The van der Waals surface area contributed by atoms with Crippen molar-refractivity contribution in [2.75, 3.05) is 0 Å². The molecule has 7 heteroatoms. The van der Waals surface area contributed by atoms with Crippen molar-refractivity contribution in [1.29, 1.82) is 0 Å². The molecule has 0 atom stereocenters. The Hall–Kier alpha value is -5.92. The number of pyridine rings is 2. The zero-order chi connectivity index (χ0) is 48.2. The third-order valence-electron chi connectivity index (χ3n) is 11.0. The van der Waals surface area contributed by atoms with Gasteiger partial charge >= 0.3 is 145 Å². The van der Waals surface area contributed by atoms with Gasteiger partial charge in [0.05, 0.1) is 22.4 Å². The SMILES string of the molecule is Cc1ccc2c(n1)oc1c(-c3nc4ccccc4n3-c3cc(-c4ccccc4)ccc3-c3ccccc3)[c-]ccc12.[2H]C([2H])([2H])c1c[c-]c(-c2cc(C([2H])([2H])C(C)(C)C)[c]([Ge]([CH3])([CH3])[CH3])cn2)cc1.[Ir]. The normalized spacial score (nSPS) is 13.3. The van der Waals surface area contributed by atoms with E-state index in [0.29, 0.717) is 22.5 Å². The molecular weight excluding hydrogens is 1020 g/mol. The average molecular weight is 1080 g/mol.